The molecule has 2 aromatic rings. The second-order valence-corrected chi connectivity index (χ2v) is 4.00. The molecule has 1 amide bonds. The Hall–Kier alpha value is -2.34. The van der Waals surface area contributed by atoms with Crippen molar-refractivity contribution < 1.29 is 18.7 Å². The lowest BCUT2D eigenvalue weighted by Crippen LogP contribution is -2.26. The van der Waals surface area contributed by atoms with E-state index in [1.807, 2.05) is 0 Å². The molecule has 1 aromatic heterocycles. The van der Waals surface area contributed by atoms with Gasteiger partial charge in [-0.05, 0) is 18.2 Å². The van der Waals surface area contributed by atoms with Crippen LogP contribution < -0.4 is 10.7 Å². The monoisotopic (exact) mass is 281 g/mol. The number of amides is 1. The van der Waals surface area contributed by atoms with Crippen LogP contribution in [0, 0.1) is 0 Å². The highest BCUT2D eigenvalue weighted by atomic mass is 35.5. The zero-order chi connectivity index (χ0) is 14.0. The molecule has 0 radical (unpaired) electrons. The van der Waals surface area contributed by atoms with Crippen molar-refractivity contribution in [1.82, 2.24) is 0 Å². The van der Waals surface area contributed by atoms with E-state index in [0.717, 1.165) is 13.4 Å². The minimum absolute atomic E-state index is 0.162. The molecule has 0 saturated carbocycles. The lowest BCUT2D eigenvalue weighted by molar-refractivity contribution is -0.150. The van der Waals surface area contributed by atoms with Crippen LogP contribution in [-0.4, -0.2) is 19.0 Å². The number of fused-ring (bicyclic) bond motifs is 1. The summed E-state index contributed by atoms with van der Waals surface area (Å²) in [5, 5.41) is 2.67. The lowest BCUT2D eigenvalue weighted by atomic mass is 10.2. The Balaban J connectivity index is 2.46. The SMILES string of the molecule is COC(=O)C(=O)Nc1coc2ccc(Cl)cc2c1=O. The molecule has 6 nitrogen and oxygen atoms in total. The number of carbonyl (C=O) groups excluding carboxylic acids is 2. The first-order chi connectivity index (χ1) is 9.02. The number of methoxy groups -OCH3 is 1. The Kier molecular flexibility index (Phi) is 3.52. The van der Waals surface area contributed by atoms with Gasteiger partial charge in [-0.1, -0.05) is 11.6 Å². The summed E-state index contributed by atoms with van der Waals surface area (Å²) in [6, 6.07) is 4.51. The fourth-order valence-corrected chi connectivity index (χ4v) is 1.63. The number of nitrogens with one attached hydrogen (secondary N) is 1. The zero-order valence-electron chi connectivity index (χ0n) is 9.73. The van der Waals surface area contributed by atoms with Crippen LogP contribution in [0.15, 0.2) is 33.7 Å². The van der Waals surface area contributed by atoms with E-state index in [0.29, 0.717) is 10.6 Å². The number of anilines is 1. The lowest BCUT2D eigenvalue weighted by Gasteiger charge is -2.03. The van der Waals surface area contributed by atoms with Crippen molar-refractivity contribution in [2.45, 2.75) is 0 Å². The van der Waals surface area contributed by atoms with E-state index in [-0.39, 0.29) is 11.1 Å². The van der Waals surface area contributed by atoms with Crippen LogP contribution in [0.2, 0.25) is 5.02 Å². The van der Waals surface area contributed by atoms with Crippen LogP contribution in [0.25, 0.3) is 11.0 Å². The van der Waals surface area contributed by atoms with Crippen LogP contribution >= 0.6 is 11.6 Å². The van der Waals surface area contributed by atoms with Gasteiger partial charge in [0.25, 0.3) is 0 Å². The van der Waals surface area contributed by atoms with Crippen molar-refractivity contribution in [3.63, 3.8) is 0 Å². The van der Waals surface area contributed by atoms with Gasteiger partial charge in [-0.25, -0.2) is 4.79 Å². The average molecular weight is 282 g/mol. The quantitative estimate of drug-likeness (QED) is 0.633. The summed E-state index contributed by atoms with van der Waals surface area (Å²) in [4.78, 5) is 34.3. The van der Waals surface area contributed by atoms with Gasteiger partial charge in [0.15, 0.2) is 0 Å². The fraction of sp³-hybridized carbons (Fsp3) is 0.0833. The maximum absolute atomic E-state index is 12.0. The molecule has 0 unspecified atom stereocenters. The molecule has 98 valence electrons. The van der Waals surface area contributed by atoms with Crippen molar-refractivity contribution >= 4 is 40.1 Å². The summed E-state index contributed by atoms with van der Waals surface area (Å²) < 4.78 is 9.39. The fourth-order valence-electron chi connectivity index (χ4n) is 1.46. The molecule has 0 saturated heterocycles. The van der Waals surface area contributed by atoms with E-state index in [1.54, 1.807) is 6.07 Å². The molecule has 1 aromatic carbocycles. The summed E-state index contributed by atoms with van der Waals surface area (Å²) >= 11 is 5.78. The van der Waals surface area contributed by atoms with Crippen molar-refractivity contribution in [2.75, 3.05) is 12.4 Å². The second kappa shape index (κ2) is 5.11. The molecular formula is C12H8ClNO5. The van der Waals surface area contributed by atoms with E-state index in [9.17, 15) is 14.4 Å². The summed E-state index contributed by atoms with van der Waals surface area (Å²) in [6.07, 6.45) is 1.05. The number of hydrogen-bond donors (Lipinski definition) is 1. The maximum atomic E-state index is 12.0. The predicted octanol–water partition coefficient (Wildman–Crippen LogP) is 1.56. The summed E-state index contributed by atoms with van der Waals surface area (Å²) in [6.45, 7) is 0. The standard InChI is InChI=1S/C12H8ClNO5/c1-18-12(17)11(16)14-8-5-19-9-3-2-6(13)4-7(9)10(8)15/h2-5H,1H3,(H,14,16). The van der Waals surface area contributed by atoms with Gasteiger partial charge in [-0.2, -0.15) is 0 Å². The van der Waals surface area contributed by atoms with E-state index >= 15 is 0 Å². The van der Waals surface area contributed by atoms with Gasteiger partial charge >= 0.3 is 11.9 Å². The summed E-state index contributed by atoms with van der Waals surface area (Å²) in [7, 11) is 1.06. The van der Waals surface area contributed by atoms with Crippen molar-refractivity contribution in [3.05, 3.63) is 39.7 Å². The molecule has 1 heterocycles. The minimum Gasteiger partial charge on any atom is -0.462 e. The Bertz CT molecular complexity index is 722. The van der Waals surface area contributed by atoms with Crippen LogP contribution in [0.3, 0.4) is 0 Å². The van der Waals surface area contributed by atoms with Crippen LogP contribution in [0.4, 0.5) is 5.69 Å². The third kappa shape index (κ3) is 2.58. The Morgan fingerprint density at radius 1 is 1.37 bits per heavy atom. The summed E-state index contributed by atoms with van der Waals surface area (Å²) in [5.41, 5.74) is -0.336. The van der Waals surface area contributed by atoms with Gasteiger partial charge in [-0.15, -0.1) is 0 Å². The molecule has 19 heavy (non-hydrogen) atoms. The third-order valence-corrected chi connectivity index (χ3v) is 2.59. The number of rotatable bonds is 1. The Morgan fingerprint density at radius 2 is 2.11 bits per heavy atom. The van der Waals surface area contributed by atoms with Crippen molar-refractivity contribution in [1.29, 1.82) is 0 Å². The van der Waals surface area contributed by atoms with Crippen LogP contribution in [0.1, 0.15) is 0 Å². The van der Waals surface area contributed by atoms with E-state index in [4.69, 9.17) is 16.0 Å². The Labute approximate surface area is 111 Å². The molecule has 2 rings (SSSR count). The first kappa shape index (κ1) is 13.1. The van der Waals surface area contributed by atoms with E-state index in [1.165, 1.54) is 12.1 Å². The number of carbonyl (C=O) groups is 2. The molecule has 0 fully saturated rings. The maximum Gasteiger partial charge on any atom is 0.396 e. The minimum atomic E-state index is -1.11. The highest BCUT2D eigenvalue weighted by Crippen LogP contribution is 2.18. The second-order valence-electron chi connectivity index (χ2n) is 3.56. The number of halogens is 1. The molecule has 0 aliphatic heterocycles. The number of benzene rings is 1. The molecule has 7 heteroatoms. The van der Waals surface area contributed by atoms with Crippen LogP contribution in [-0.2, 0) is 14.3 Å². The predicted molar refractivity (Wildman–Crippen MR) is 68.1 cm³/mol. The molecule has 1 N–H and O–H groups in total. The molecule has 0 aliphatic rings. The molecule has 0 bridgehead atoms. The van der Waals surface area contributed by atoms with Crippen molar-refractivity contribution in [3.8, 4) is 0 Å². The average Bonchev–Trinajstić information content (AvgIpc) is 2.41. The third-order valence-electron chi connectivity index (χ3n) is 2.35. The van der Waals surface area contributed by atoms with Gasteiger partial charge in [0.05, 0.1) is 12.5 Å². The van der Waals surface area contributed by atoms with Gasteiger partial charge in [0, 0.05) is 5.02 Å². The van der Waals surface area contributed by atoms with Gasteiger partial charge in [-0.3, -0.25) is 9.59 Å². The van der Waals surface area contributed by atoms with E-state index < -0.39 is 17.3 Å². The molecule has 0 aliphatic carbocycles. The van der Waals surface area contributed by atoms with Crippen molar-refractivity contribution in [2.24, 2.45) is 0 Å². The molecule has 0 spiro atoms. The topological polar surface area (TPSA) is 85.6 Å². The number of esters is 1. The number of hydrogen-bond acceptors (Lipinski definition) is 5. The largest absolute Gasteiger partial charge is 0.462 e. The zero-order valence-corrected chi connectivity index (χ0v) is 10.5. The molecule has 0 atom stereocenters. The highest BCUT2D eigenvalue weighted by Gasteiger charge is 2.16. The Morgan fingerprint density at radius 3 is 2.79 bits per heavy atom. The van der Waals surface area contributed by atoms with Gasteiger partial charge in [0.1, 0.15) is 17.5 Å². The van der Waals surface area contributed by atoms with Gasteiger partial charge in [0.2, 0.25) is 5.43 Å². The van der Waals surface area contributed by atoms with Crippen LogP contribution in [0.5, 0.6) is 0 Å². The number of ether oxygens (including phenoxy) is 1. The summed E-state index contributed by atoms with van der Waals surface area (Å²) in [5.74, 6) is -2.17. The normalized spacial score (nSPS) is 10.2. The molecular weight excluding hydrogens is 274 g/mol. The highest BCUT2D eigenvalue weighted by molar-refractivity contribution is 6.37. The smallest absolute Gasteiger partial charge is 0.396 e. The van der Waals surface area contributed by atoms with E-state index in [2.05, 4.69) is 10.1 Å². The van der Waals surface area contributed by atoms with Gasteiger partial charge < -0.3 is 14.5 Å². The first-order valence-corrected chi connectivity index (χ1v) is 5.51. The first-order valence-electron chi connectivity index (χ1n) is 5.13.